The van der Waals surface area contributed by atoms with Gasteiger partial charge in [-0.2, -0.15) is 0 Å². The second-order valence-corrected chi connectivity index (χ2v) is 10.2. The van der Waals surface area contributed by atoms with Crippen molar-refractivity contribution in [2.75, 3.05) is 13.7 Å². The van der Waals surface area contributed by atoms with E-state index in [9.17, 15) is 0 Å². The maximum atomic E-state index is 6.57. The molecule has 0 amide bonds. The predicted molar refractivity (Wildman–Crippen MR) is 131 cm³/mol. The van der Waals surface area contributed by atoms with Gasteiger partial charge in [0.25, 0.3) is 0 Å². The van der Waals surface area contributed by atoms with Gasteiger partial charge in [0.1, 0.15) is 0 Å². The Hall–Kier alpha value is -0.860. The van der Waals surface area contributed by atoms with Crippen molar-refractivity contribution in [3.05, 3.63) is 35.9 Å². The second kappa shape index (κ2) is 13.5. The van der Waals surface area contributed by atoms with Gasteiger partial charge >= 0.3 is 0 Å². The van der Waals surface area contributed by atoms with Gasteiger partial charge in [-0.3, -0.25) is 4.90 Å². The molecule has 0 bridgehead atoms. The monoisotopic (exact) mass is 415 g/mol. The van der Waals surface area contributed by atoms with Crippen LogP contribution in [0.4, 0.5) is 0 Å². The molecule has 0 N–H and O–H groups in total. The van der Waals surface area contributed by atoms with Crippen LogP contribution in [-0.4, -0.2) is 36.2 Å². The molecule has 0 aliphatic carbocycles. The van der Waals surface area contributed by atoms with Gasteiger partial charge in [-0.25, -0.2) is 0 Å². The first kappa shape index (κ1) is 25.4. The van der Waals surface area contributed by atoms with Gasteiger partial charge in [0.05, 0.1) is 6.10 Å². The summed E-state index contributed by atoms with van der Waals surface area (Å²) in [6, 6.07) is 11.6. The first-order valence-corrected chi connectivity index (χ1v) is 12.8. The molecule has 1 aliphatic rings. The molecule has 1 aliphatic heterocycles. The van der Waals surface area contributed by atoms with Crippen LogP contribution in [0.5, 0.6) is 0 Å². The second-order valence-electron chi connectivity index (χ2n) is 10.2. The van der Waals surface area contributed by atoms with Crippen molar-refractivity contribution in [1.29, 1.82) is 0 Å². The topological polar surface area (TPSA) is 12.5 Å². The van der Waals surface area contributed by atoms with Crippen molar-refractivity contribution in [1.82, 2.24) is 4.90 Å². The SMILES string of the molecule is CCCCCCCCCCCCOC1CC(C)N(C)C(C)(C)C1Cc1ccccc1. The summed E-state index contributed by atoms with van der Waals surface area (Å²) in [7, 11) is 2.29. The van der Waals surface area contributed by atoms with Crippen LogP contribution in [0.15, 0.2) is 30.3 Å². The molecule has 1 heterocycles. The number of hydrogen-bond donors (Lipinski definition) is 0. The van der Waals surface area contributed by atoms with E-state index in [-0.39, 0.29) is 5.54 Å². The Morgan fingerprint density at radius 1 is 0.900 bits per heavy atom. The van der Waals surface area contributed by atoms with Gasteiger partial charge < -0.3 is 4.74 Å². The quantitative estimate of drug-likeness (QED) is 0.289. The lowest BCUT2D eigenvalue weighted by Gasteiger charge is -2.53. The normalized spacial score (nSPS) is 24.2. The van der Waals surface area contributed by atoms with E-state index >= 15 is 0 Å². The molecule has 1 saturated heterocycles. The molecule has 0 spiro atoms. The van der Waals surface area contributed by atoms with E-state index in [1.807, 2.05) is 0 Å². The molecule has 30 heavy (non-hydrogen) atoms. The highest BCUT2D eigenvalue weighted by Crippen LogP contribution is 2.39. The first-order valence-electron chi connectivity index (χ1n) is 12.8. The third kappa shape index (κ3) is 8.00. The van der Waals surface area contributed by atoms with Gasteiger partial charge in [-0.15, -0.1) is 0 Å². The molecule has 2 heteroatoms. The van der Waals surface area contributed by atoms with Gasteiger partial charge in [0, 0.05) is 24.1 Å². The minimum absolute atomic E-state index is 0.149. The van der Waals surface area contributed by atoms with Crippen LogP contribution < -0.4 is 0 Å². The summed E-state index contributed by atoms with van der Waals surface area (Å²) < 4.78 is 6.57. The number of piperidine rings is 1. The molecule has 0 aromatic heterocycles. The maximum Gasteiger partial charge on any atom is 0.0638 e. The smallest absolute Gasteiger partial charge is 0.0638 e. The zero-order valence-corrected chi connectivity index (χ0v) is 20.7. The zero-order chi connectivity index (χ0) is 21.8. The molecule has 1 aromatic carbocycles. The molecule has 3 unspecified atom stereocenters. The standard InChI is InChI=1S/C28H49NO/c1-6-7-8-9-10-11-12-13-14-18-21-30-27-22-24(2)29(5)28(3,4)26(27)23-25-19-16-15-17-20-25/h15-17,19-20,24,26-27H,6-14,18,21-23H2,1-5H3. The van der Waals surface area contributed by atoms with Crippen molar-refractivity contribution in [2.24, 2.45) is 5.92 Å². The number of unbranched alkanes of at least 4 members (excludes halogenated alkanes) is 9. The molecule has 1 fully saturated rings. The third-order valence-corrected chi connectivity index (χ3v) is 7.63. The summed E-state index contributed by atoms with van der Waals surface area (Å²) in [5.74, 6) is 0.532. The minimum Gasteiger partial charge on any atom is -0.378 e. The van der Waals surface area contributed by atoms with E-state index in [0.717, 1.165) is 19.4 Å². The Labute approximate surface area is 187 Å². The average Bonchev–Trinajstić information content (AvgIpc) is 2.74. The minimum atomic E-state index is 0.149. The molecule has 172 valence electrons. The van der Waals surface area contributed by atoms with Crippen LogP contribution in [0, 0.1) is 5.92 Å². The van der Waals surface area contributed by atoms with Crippen molar-refractivity contribution in [3.63, 3.8) is 0 Å². The molecular formula is C28H49NO. The van der Waals surface area contributed by atoms with E-state index in [1.54, 1.807) is 0 Å². The first-order chi connectivity index (χ1) is 14.5. The van der Waals surface area contributed by atoms with E-state index in [1.165, 1.54) is 69.8 Å². The summed E-state index contributed by atoms with van der Waals surface area (Å²) >= 11 is 0. The summed E-state index contributed by atoms with van der Waals surface area (Å²) in [6.07, 6.45) is 16.4. The van der Waals surface area contributed by atoms with Crippen LogP contribution in [0.1, 0.15) is 104 Å². The van der Waals surface area contributed by atoms with Crippen LogP contribution >= 0.6 is 0 Å². The Balaban J connectivity index is 1.74. The Bertz CT molecular complexity index is 555. The third-order valence-electron chi connectivity index (χ3n) is 7.63. The number of nitrogens with zero attached hydrogens (tertiary/aromatic N) is 1. The summed E-state index contributed by atoms with van der Waals surface area (Å²) in [5, 5.41) is 0. The lowest BCUT2D eigenvalue weighted by Crippen LogP contribution is -2.61. The van der Waals surface area contributed by atoms with Crippen LogP contribution in [0.25, 0.3) is 0 Å². The Kier molecular flexibility index (Phi) is 11.5. The maximum absolute atomic E-state index is 6.57. The van der Waals surface area contributed by atoms with Gasteiger partial charge in [0.2, 0.25) is 0 Å². The van der Waals surface area contributed by atoms with E-state index in [0.29, 0.717) is 18.1 Å². The van der Waals surface area contributed by atoms with Gasteiger partial charge in [-0.05, 0) is 52.6 Å². The molecular weight excluding hydrogens is 366 g/mol. The van der Waals surface area contributed by atoms with Crippen molar-refractivity contribution in [3.8, 4) is 0 Å². The lowest BCUT2D eigenvalue weighted by atomic mass is 9.72. The highest BCUT2D eigenvalue weighted by Gasteiger charge is 2.45. The van der Waals surface area contributed by atoms with Gasteiger partial charge in [0.15, 0.2) is 0 Å². The fourth-order valence-electron chi connectivity index (χ4n) is 5.20. The highest BCUT2D eigenvalue weighted by molar-refractivity contribution is 5.17. The number of benzene rings is 1. The van der Waals surface area contributed by atoms with Crippen LogP contribution in [-0.2, 0) is 11.2 Å². The van der Waals surface area contributed by atoms with Crippen molar-refractivity contribution in [2.45, 2.75) is 122 Å². The van der Waals surface area contributed by atoms with E-state index < -0.39 is 0 Å². The summed E-state index contributed by atoms with van der Waals surface area (Å²) in [6.45, 7) is 10.4. The molecule has 2 rings (SSSR count). The largest absolute Gasteiger partial charge is 0.378 e. The van der Waals surface area contributed by atoms with Gasteiger partial charge in [-0.1, -0.05) is 95.0 Å². The fourth-order valence-corrected chi connectivity index (χ4v) is 5.20. The summed E-state index contributed by atoms with van der Waals surface area (Å²) in [5.41, 5.74) is 1.58. The van der Waals surface area contributed by atoms with Crippen molar-refractivity contribution < 1.29 is 4.74 Å². The molecule has 2 nitrogen and oxygen atoms in total. The number of hydrogen-bond acceptors (Lipinski definition) is 2. The van der Waals surface area contributed by atoms with Crippen LogP contribution in [0.3, 0.4) is 0 Å². The number of likely N-dealkylation sites (tertiary alicyclic amines) is 1. The van der Waals surface area contributed by atoms with Crippen LogP contribution in [0.2, 0.25) is 0 Å². The number of ether oxygens (including phenoxy) is 1. The van der Waals surface area contributed by atoms with E-state index in [2.05, 4.69) is 70.0 Å². The summed E-state index contributed by atoms with van der Waals surface area (Å²) in [4.78, 5) is 2.57. The molecule has 1 aromatic rings. The van der Waals surface area contributed by atoms with E-state index in [4.69, 9.17) is 4.74 Å². The number of rotatable bonds is 14. The zero-order valence-electron chi connectivity index (χ0n) is 20.7. The molecule has 0 saturated carbocycles. The lowest BCUT2D eigenvalue weighted by molar-refractivity contribution is -0.106. The predicted octanol–water partition coefficient (Wildman–Crippen LogP) is 7.65. The molecule has 3 atom stereocenters. The fraction of sp³-hybridized carbons (Fsp3) is 0.786. The Morgan fingerprint density at radius 3 is 2.07 bits per heavy atom. The Morgan fingerprint density at radius 2 is 1.47 bits per heavy atom. The average molecular weight is 416 g/mol. The highest BCUT2D eigenvalue weighted by atomic mass is 16.5. The van der Waals surface area contributed by atoms with Crippen molar-refractivity contribution >= 4 is 0 Å². The molecule has 0 radical (unpaired) electrons.